The van der Waals surface area contributed by atoms with E-state index in [-0.39, 0.29) is 11.5 Å². The summed E-state index contributed by atoms with van der Waals surface area (Å²) in [5, 5.41) is 34.8. The van der Waals surface area contributed by atoms with Gasteiger partial charge in [0.05, 0.1) is 23.7 Å². The van der Waals surface area contributed by atoms with Gasteiger partial charge in [-0.05, 0) is 105 Å². The Hall–Kier alpha value is -3.44. The third kappa shape index (κ3) is 9.80. The Balaban J connectivity index is 1.46. The van der Waals surface area contributed by atoms with Gasteiger partial charge in [0.25, 0.3) is 0 Å². The molecule has 0 saturated carbocycles. The minimum absolute atomic E-state index is 0.249. The lowest BCUT2D eigenvalue weighted by atomic mass is 9.80. The Bertz CT molecular complexity index is 1940. The summed E-state index contributed by atoms with van der Waals surface area (Å²) < 4.78 is 16.4. The predicted octanol–water partition coefficient (Wildman–Crippen LogP) is 10.1. The van der Waals surface area contributed by atoms with Gasteiger partial charge in [-0.3, -0.25) is 0 Å². The van der Waals surface area contributed by atoms with E-state index in [9.17, 15) is 14.7 Å². The first-order valence-corrected chi connectivity index (χ1v) is 20.8. The number of aromatic carboxylic acids is 1. The first-order valence-electron chi connectivity index (χ1n) is 18.6. The zero-order chi connectivity index (χ0) is 40.5. The second-order valence-electron chi connectivity index (χ2n) is 14.8. The fourth-order valence-corrected chi connectivity index (χ4v) is 8.93. The summed E-state index contributed by atoms with van der Waals surface area (Å²) in [6, 6.07) is 11.0. The number of rotatable bonds is 19. The van der Waals surface area contributed by atoms with E-state index in [4.69, 9.17) is 26.9 Å². The van der Waals surface area contributed by atoms with Crippen LogP contribution in [0, 0.1) is 0 Å². The molecule has 2 aromatic carbocycles. The van der Waals surface area contributed by atoms with Crippen LogP contribution in [0.1, 0.15) is 104 Å². The molecule has 2 aliphatic heterocycles. The number of hydrogen-bond donors (Lipinski definition) is 3. The predicted molar refractivity (Wildman–Crippen MR) is 219 cm³/mol. The molecule has 0 amide bonds. The van der Waals surface area contributed by atoms with E-state index >= 15 is 0 Å². The molecule has 15 heteroatoms. The average Bonchev–Trinajstić information content (AvgIpc) is 3.53. The Morgan fingerprint density at radius 1 is 0.875 bits per heavy atom. The zero-order valence-corrected chi connectivity index (χ0v) is 34.7. The smallest absolute Gasteiger partial charge is 0.337 e. The number of unbranched alkanes of at least 4 members (excludes halogenated alkanes) is 2. The van der Waals surface area contributed by atoms with Gasteiger partial charge in [-0.2, -0.15) is 4.58 Å². The Kier molecular flexibility index (Phi) is 15.5. The van der Waals surface area contributed by atoms with Crippen molar-refractivity contribution in [2.45, 2.75) is 83.5 Å². The largest absolute Gasteiger partial charge is 0.478 e. The van der Waals surface area contributed by atoms with Gasteiger partial charge in [0.15, 0.2) is 5.71 Å². The highest BCUT2D eigenvalue weighted by molar-refractivity contribution is 7.94. The molecular formula is C41H50ClN2O10S2+. The normalized spacial score (nSPS) is 18.8. The molecule has 3 aliphatic rings. The number of halogens is 1. The number of hydrogen-bond acceptors (Lipinski definition) is 12. The van der Waals surface area contributed by atoms with Crippen molar-refractivity contribution in [1.29, 1.82) is 0 Å². The van der Waals surface area contributed by atoms with Crippen LogP contribution >= 0.6 is 35.7 Å². The lowest BCUT2D eigenvalue weighted by Crippen LogP contribution is -2.28. The number of ether oxygens (including phenoxy) is 1. The van der Waals surface area contributed by atoms with Crippen molar-refractivity contribution in [3.63, 3.8) is 0 Å². The monoisotopic (exact) mass is 829 g/mol. The molecule has 0 radical (unpaired) electrons. The molecular weight excluding hydrogens is 780 g/mol. The number of benzene rings is 2. The molecule has 12 nitrogen and oxygen atoms in total. The molecule has 302 valence electrons. The second-order valence-corrected chi connectivity index (χ2v) is 16.8. The third-order valence-electron chi connectivity index (χ3n) is 10.7. The lowest BCUT2D eigenvalue weighted by Gasteiger charge is -2.27. The summed E-state index contributed by atoms with van der Waals surface area (Å²) in [4.78, 5) is 26.7. The van der Waals surface area contributed by atoms with Crippen molar-refractivity contribution in [3.05, 3.63) is 105 Å². The number of carboxylic acids is 1. The molecule has 0 fully saturated rings. The van der Waals surface area contributed by atoms with Crippen LogP contribution in [0.3, 0.4) is 0 Å². The van der Waals surface area contributed by atoms with E-state index < -0.39 is 16.8 Å². The zero-order valence-electron chi connectivity index (χ0n) is 32.3. The fraction of sp³-hybridized carbons (Fsp3) is 0.439. The lowest BCUT2D eigenvalue weighted by molar-refractivity contribution is -0.438. The van der Waals surface area contributed by atoms with E-state index in [2.05, 4.69) is 80.2 Å². The van der Waals surface area contributed by atoms with E-state index in [1.165, 1.54) is 7.11 Å². The first-order chi connectivity index (χ1) is 26.9. The molecule has 0 atom stereocenters. The highest BCUT2D eigenvalue weighted by atomic mass is 35.5. The number of allylic oxidation sites excluding steroid dienone is 8. The standard InChI is InChI=1S/C41H49ClN2O10S2/c1-40(2)31-25-29(38(45)46)13-17-33(31)43(21-6-8-23-55-53-51-48)35(40)19-15-27-11-10-12-28(37(27)42)16-20-36-41(3,4)32-26-30(39(47)50-5)14-18-34(32)44(36)22-7-9-24-56-54-52-49/h13-20,25-26H,6-12,21-24H2,1-5H3,(H2-,45,46,48,49)/p+1. The highest BCUT2D eigenvalue weighted by Crippen LogP contribution is 2.49. The SMILES string of the molecule is COC(=O)c1ccc2c(c1)C(C)(C)C(C=CC1=C(Cl)C(=CC=C3N(CCCCSOOO)c4ccc(C(=O)O)cc4C3(C)C)CCC1)=[N+]2CCCCSOOO. The number of anilines is 1. The van der Waals surface area contributed by atoms with Crippen LogP contribution in [0.15, 0.2) is 82.6 Å². The third-order valence-corrected chi connectivity index (χ3v) is 12.4. The van der Waals surface area contributed by atoms with Gasteiger partial charge < -0.3 is 14.7 Å². The van der Waals surface area contributed by atoms with Gasteiger partial charge in [-0.1, -0.05) is 47.7 Å². The van der Waals surface area contributed by atoms with E-state index in [1.54, 1.807) is 18.2 Å². The van der Waals surface area contributed by atoms with Crippen LogP contribution in [0.2, 0.25) is 0 Å². The summed E-state index contributed by atoms with van der Waals surface area (Å²) in [6.07, 6.45) is 14.4. The topological polar surface area (TPSA) is 147 Å². The summed E-state index contributed by atoms with van der Waals surface area (Å²) in [6.45, 7) is 9.98. The van der Waals surface area contributed by atoms with Crippen molar-refractivity contribution in [2.75, 3.05) is 36.6 Å². The van der Waals surface area contributed by atoms with Crippen LogP contribution in [0.25, 0.3) is 0 Å². The highest BCUT2D eigenvalue weighted by Gasteiger charge is 2.45. The molecule has 0 spiro atoms. The Labute approximate surface area is 341 Å². The molecule has 2 aromatic rings. The summed E-state index contributed by atoms with van der Waals surface area (Å²) in [5.74, 6) is -0.0702. The molecule has 2 heterocycles. The Morgan fingerprint density at radius 2 is 1.55 bits per heavy atom. The van der Waals surface area contributed by atoms with E-state index in [0.717, 1.165) is 126 Å². The maximum atomic E-state index is 12.5. The first kappa shape index (κ1) is 43.7. The number of carboxylic acid groups (broad SMARTS) is 1. The maximum absolute atomic E-state index is 12.5. The van der Waals surface area contributed by atoms with Crippen LogP contribution in [-0.4, -0.2) is 69.6 Å². The molecule has 3 N–H and O–H groups in total. The van der Waals surface area contributed by atoms with E-state index in [1.807, 2.05) is 18.2 Å². The molecule has 56 heavy (non-hydrogen) atoms. The van der Waals surface area contributed by atoms with Crippen LogP contribution in [0.4, 0.5) is 11.4 Å². The van der Waals surface area contributed by atoms with Gasteiger partial charge in [0.1, 0.15) is 6.54 Å². The quantitative estimate of drug-likeness (QED) is 0.0308. The number of carbonyl (C=O) groups excluding carboxylic acids is 1. The number of nitrogens with zero attached hydrogens (tertiary/aromatic N) is 2. The molecule has 1 aliphatic carbocycles. The van der Waals surface area contributed by atoms with Gasteiger partial charge in [-0.15, -0.1) is 8.67 Å². The fourth-order valence-electron chi connectivity index (χ4n) is 7.75. The average molecular weight is 830 g/mol. The number of esters is 1. The number of methoxy groups -OCH3 is 1. The summed E-state index contributed by atoms with van der Waals surface area (Å²) >= 11 is 9.30. The van der Waals surface area contributed by atoms with Gasteiger partial charge in [-0.25, -0.2) is 20.1 Å². The molecule has 0 saturated heterocycles. The van der Waals surface area contributed by atoms with Crippen molar-refractivity contribution in [1.82, 2.24) is 0 Å². The maximum Gasteiger partial charge on any atom is 0.337 e. The van der Waals surface area contributed by atoms with Crippen molar-refractivity contribution in [3.8, 4) is 0 Å². The minimum atomic E-state index is -0.964. The van der Waals surface area contributed by atoms with Gasteiger partial charge in [0.2, 0.25) is 5.69 Å². The van der Waals surface area contributed by atoms with Crippen molar-refractivity contribution < 1.29 is 53.3 Å². The van der Waals surface area contributed by atoms with Crippen LogP contribution in [-0.2, 0) is 34.3 Å². The minimum Gasteiger partial charge on any atom is -0.478 e. The van der Waals surface area contributed by atoms with Crippen LogP contribution in [0.5, 0.6) is 0 Å². The number of fused-ring (bicyclic) bond motifs is 2. The van der Waals surface area contributed by atoms with Crippen molar-refractivity contribution in [2.24, 2.45) is 0 Å². The van der Waals surface area contributed by atoms with Crippen molar-refractivity contribution >= 4 is 64.7 Å². The summed E-state index contributed by atoms with van der Waals surface area (Å²) in [7, 11) is 1.38. The molecule has 0 unspecified atom stereocenters. The van der Waals surface area contributed by atoms with E-state index in [0.29, 0.717) is 23.6 Å². The molecule has 0 aromatic heterocycles. The molecule has 5 rings (SSSR count). The van der Waals surface area contributed by atoms with Gasteiger partial charge >= 0.3 is 11.9 Å². The Morgan fingerprint density at radius 3 is 2.23 bits per heavy atom. The van der Waals surface area contributed by atoms with Crippen LogP contribution < -0.4 is 4.90 Å². The molecule has 0 bridgehead atoms. The second kappa shape index (κ2) is 19.8. The van der Waals surface area contributed by atoms with Gasteiger partial charge in [0, 0.05) is 88.1 Å². The number of carbonyl (C=O) groups is 2. The summed E-state index contributed by atoms with van der Waals surface area (Å²) in [5.41, 5.74) is 8.07.